The van der Waals surface area contributed by atoms with Crippen molar-refractivity contribution in [1.29, 1.82) is 0 Å². The SMILES string of the molecule is C[C@@H]1CC[C@H]2[C@](C)(Br)[C@@H](Nc3ncccn3)O[C@@H]3O[C@@]4(C)CC[C@@H]1[C@]32OO4. The quantitative estimate of drug-likeness (QED) is 0.556. The summed E-state index contributed by atoms with van der Waals surface area (Å²) in [5.74, 6) is 0.785. The van der Waals surface area contributed by atoms with Crippen LogP contribution in [-0.4, -0.2) is 38.2 Å². The predicted molar refractivity (Wildman–Crippen MR) is 101 cm³/mol. The molecule has 7 nitrogen and oxygen atoms in total. The summed E-state index contributed by atoms with van der Waals surface area (Å²) in [6.45, 7) is 6.40. The highest BCUT2D eigenvalue weighted by molar-refractivity contribution is 9.10. The number of nitrogens with zero attached hydrogens (tertiary/aromatic N) is 2. The number of rotatable bonds is 2. The van der Waals surface area contributed by atoms with E-state index in [4.69, 9.17) is 19.2 Å². The van der Waals surface area contributed by atoms with Crippen LogP contribution in [-0.2, 0) is 19.2 Å². The van der Waals surface area contributed by atoms with Gasteiger partial charge in [-0.3, -0.25) is 0 Å². The van der Waals surface area contributed by atoms with Crippen LogP contribution in [0.25, 0.3) is 0 Å². The normalized spacial score (nSPS) is 51.3. The first kappa shape index (κ1) is 18.2. The Morgan fingerprint density at radius 1 is 1.15 bits per heavy atom. The monoisotopic (exact) mass is 439 g/mol. The Labute approximate surface area is 167 Å². The number of nitrogens with one attached hydrogen (secondary N) is 1. The second-order valence-electron chi connectivity index (χ2n) is 8.74. The lowest BCUT2D eigenvalue weighted by atomic mass is 9.58. The van der Waals surface area contributed by atoms with Crippen LogP contribution in [0.1, 0.15) is 46.5 Å². The van der Waals surface area contributed by atoms with Crippen molar-refractivity contribution in [2.45, 2.75) is 74.7 Å². The number of alkyl halides is 1. The summed E-state index contributed by atoms with van der Waals surface area (Å²) in [6.07, 6.45) is 6.55. The smallest absolute Gasteiger partial charge is 0.224 e. The number of anilines is 1. The molecule has 0 unspecified atom stereocenters. The summed E-state index contributed by atoms with van der Waals surface area (Å²) >= 11 is 3.98. The topological polar surface area (TPSA) is 74.7 Å². The van der Waals surface area contributed by atoms with Gasteiger partial charge in [0.2, 0.25) is 11.7 Å². The zero-order valence-corrected chi connectivity index (χ0v) is 17.4. The Morgan fingerprint density at radius 3 is 2.70 bits per heavy atom. The van der Waals surface area contributed by atoms with Crippen molar-refractivity contribution in [3.05, 3.63) is 18.5 Å². The second kappa shape index (κ2) is 6.10. The molecule has 1 spiro atoms. The fraction of sp³-hybridized carbons (Fsp3) is 0.789. The standard InChI is InChI=1S/C19H26BrN3O4/c1-11-5-6-13-18(3,20)14(23-16-21-9-4-10-22-16)24-15-19(13)12(11)7-8-17(2,25-15)26-27-19/h4,9-15H,5-8H2,1-3H3,(H,21,22,23)/t11-,12+,13+,14+,15-,17-,18+,19-/m1/s1. The molecule has 5 heterocycles. The number of halogens is 1. The Kier molecular flexibility index (Phi) is 4.12. The van der Waals surface area contributed by atoms with Gasteiger partial charge >= 0.3 is 0 Å². The van der Waals surface area contributed by atoms with Crippen molar-refractivity contribution in [1.82, 2.24) is 9.97 Å². The highest BCUT2D eigenvalue weighted by Crippen LogP contribution is 2.63. The molecule has 148 valence electrons. The van der Waals surface area contributed by atoms with Crippen LogP contribution in [0.2, 0.25) is 0 Å². The fourth-order valence-corrected chi connectivity index (χ4v) is 6.36. The van der Waals surface area contributed by atoms with Crippen molar-refractivity contribution in [2.75, 3.05) is 5.32 Å². The summed E-state index contributed by atoms with van der Waals surface area (Å²) in [5.41, 5.74) is -0.609. The van der Waals surface area contributed by atoms with Crippen LogP contribution in [0.15, 0.2) is 18.5 Å². The average Bonchev–Trinajstić information content (AvgIpc) is 2.86. The molecule has 1 saturated carbocycles. The highest BCUT2D eigenvalue weighted by atomic mass is 79.9. The van der Waals surface area contributed by atoms with Gasteiger partial charge in [-0.25, -0.2) is 19.7 Å². The third-order valence-corrected chi connectivity index (χ3v) is 7.97. The molecule has 8 atom stereocenters. The van der Waals surface area contributed by atoms with Crippen molar-refractivity contribution in [3.8, 4) is 0 Å². The molecule has 1 aromatic heterocycles. The van der Waals surface area contributed by atoms with Crippen LogP contribution < -0.4 is 5.32 Å². The molecule has 8 heteroatoms. The Morgan fingerprint density at radius 2 is 1.93 bits per heavy atom. The molecular formula is C19H26BrN3O4. The van der Waals surface area contributed by atoms with Crippen molar-refractivity contribution in [2.24, 2.45) is 17.8 Å². The minimum Gasteiger partial charge on any atom is -0.327 e. The Hall–Kier alpha value is -0.800. The van der Waals surface area contributed by atoms with Crippen molar-refractivity contribution in [3.63, 3.8) is 0 Å². The molecule has 0 amide bonds. The lowest BCUT2D eigenvalue weighted by Crippen LogP contribution is -2.74. The average molecular weight is 440 g/mol. The molecule has 5 fully saturated rings. The van der Waals surface area contributed by atoms with Gasteiger partial charge in [0.25, 0.3) is 0 Å². The largest absolute Gasteiger partial charge is 0.327 e. The Bertz CT molecular complexity index is 722. The summed E-state index contributed by atoms with van der Waals surface area (Å²) in [4.78, 5) is 20.6. The third kappa shape index (κ3) is 2.60. The van der Waals surface area contributed by atoms with E-state index in [1.54, 1.807) is 18.5 Å². The number of ether oxygens (including phenoxy) is 2. The number of aromatic nitrogens is 2. The lowest BCUT2D eigenvalue weighted by molar-refractivity contribution is -0.568. The molecule has 27 heavy (non-hydrogen) atoms. The molecule has 6 rings (SSSR count). The van der Waals surface area contributed by atoms with Gasteiger partial charge in [-0.2, -0.15) is 0 Å². The molecule has 5 aliphatic rings. The van der Waals surface area contributed by atoms with Crippen LogP contribution in [0, 0.1) is 17.8 Å². The van der Waals surface area contributed by atoms with Gasteiger partial charge < -0.3 is 14.8 Å². The summed E-state index contributed by atoms with van der Waals surface area (Å²) < 4.78 is 12.5. The maximum absolute atomic E-state index is 6.50. The van der Waals surface area contributed by atoms with Gasteiger partial charge in [-0.1, -0.05) is 22.9 Å². The molecule has 1 aromatic rings. The molecular weight excluding hydrogens is 414 g/mol. The molecule has 4 saturated heterocycles. The van der Waals surface area contributed by atoms with E-state index in [9.17, 15) is 0 Å². The fourth-order valence-electron chi connectivity index (χ4n) is 5.55. The van der Waals surface area contributed by atoms with Crippen LogP contribution >= 0.6 is 15.9 Å². The predicted octanol–water partition coefficient (Wildman–Crippen LogP) is 3.61. The van der Waals surface area contributed by atoms with Crippen LogP contribution in [0.4, 0.5) is 5.95 Å². The van der Waals surface area contributed by atoms with E-state index in [1.807, 2.05) is 6.92 Å². The van der Waals surface area contributed by atoms with Gasteiger partial charge in [-0.15, -0.1) is 0 Å². The number of hydrogen-bond acceptors (Lipinski definition) is 7. The third-order valence-electron chi connectivity index (χ3n) is 7.00. The van der Waals surface area contributed by atoms with Gasteiger partial charge in [0.05, 0.1) is 4.32 Å². The summed E-state index contributed by atoms with van der Waals surface area (Å²) in [5, 5.41) is 3.34. The molecule has 0 radical (unpaired) electrons. The number of fused-ring (bicyclic) bond motifs is 2. The number of hydrogen-bond donors (Lipinski definition) is 1. The summed E-state index contributed by atoms with van der Waals surface area (Å²) in [7, 11) is 0. The lowest BCUT2D eigenvalue weighted by Gasteiger charge is -2.62. The first-order chi connectivity index (χ1) is 12.9. The van der Waals surface area contributed by atoms with Gasteiger partial charge in [0, 0.05) is 24.7 Å². The maximum Gasteiger partial charge on any atom is 0.224 e. The van der Waals surface area contributed by atoms with E-state index >= 15 is 0 Å². The van der Waals surface area contributed by atoms with E-state index in [0.29, 0.717) is 17.8 Å². The maximum atomic E-state index is 6.50. The van der Waals surface area contributed by atoms with Gasteiger partial charge in [0.15, 0.2) is 11.9 Å². The van der Waals surface area contributed by atoms with E-state index in [2.05, 4.69) is 45.1 Å². The van der Waals surface area contributed by atoms with E-state index < -0.39 is 22.0 Å². The van der Waals surface area contributed by atoms with Gasteiger partial charge in [0.1, 0.15) is 6.23 Å². The first-order valence-corrected chi connectivity index (χ1v) is 10.6. The van der Waals surface area contributed by atoms with Crippen LogP contribution in [0.5, 0.6) is 0 Å². The van der Waals surface area contributed by atoms with Crippen molar-refractivity contribution < 1.29 is 19.2 Å². The molecule has 1 N–H and O–H groups in total. The second-order valence-corrected chi connectivity index (χ2v) is 10.4. The van der Waals surface area contributed by atoms with E-state index in [0.717, 1.165) is 25.7 Å². The minimum atomic E-state index is -0.772. The molecule has 4 aliphatic heterocycles. The zero-order chi connectivity index (χ0) is 18.9. The highest BCUT2D eigenvalue weighted by Gasteiger charge is 2.72. The zero-order valence-electron chi connectivity index (χ0n) is 15.9. The van der Waals surface area contributed by atoms with Crippen LogP contribution in [0.3, 0.4) is 0 Å². The first-order valence-electron chi connectivity index (χ1n) is 9.78. The Balaban J connectivity index is 1.55. The van der Waals surface area contributed by atoms with E-state index in [-0.39, 0.29) is 12.1 Å². The molecule has 0 aromatic carbocycles. The summed E-state index contributed by atoms with van der Waals surface area (Å²) in [6, 6.07) is 1.79. The minimum absolute atomic E-state index is 0.161. The molecule has 1 aliphatic carbocycles. The van der Waals surface area contributed by atoms with Crippen molar-refractivity contribution >= 4 is 21.9 Å². The molecule has 2 bridgehead atoms. The van der Waals surface area contributed by atoms with Gasteiger partial charge in [-0.05, 0) is 51.0 Å². The van der Waals surface area contributed by atoms with E-state index in [1.165, 1.54) is 0 Å².